The minimum absolute atomic E-state index is 0.253. The van der Waals surface area contributed by atoms with E-state index in [1.54, 1.807) is 35.4 Å². The molecule has 0 atom stereocenters. The SMILES string of the molecule is O=C(NCc1ccncc1)c1ccn(-c2ccc3ccc(-c4cccc(F)c4)cn23)n1. The van der Waals surface area contributed by atoms with Crippen molar-refractivity contribution in [1.29, 1.82) is 0 Å². The number of aromatic nitrogens is 4. The number of nitrogens with zero attached hydrogens (tertiary/aromatic N) is 4. The molecular formula is C24H18FN5O. The Morgan fingerprint density at radius 3 is 2.65 bits per heavy atom. The van der Waals surface area contributed by atoms with Crippen LogP contribution in [-0.2, 0) is 6.54 Å². The van der Waals surface area contributed by atoms with Crippen molar-refractivity contribution in [3.05, 3.63) is 109 Å². The third-order valence-electron chi connectivity index (χ3n) is 5.05. The van der Waals surface area contributed by atoms with Gasteiger partial charge in [-0.05, 0) is 65.2 Å². The second-order valence-electron chi connectivity index (χ2n) is 7.10. The van der Waals surface area contributed by atoms with Crippen molar-refractivity contribution in [1.82, 2.24) is 24.5 Å². The van der Waals surface area contributed by atoms with E-state index in [1.165, 1.54) is 12.1 Å². The van der Waals surface area contributed by atoms with Gasteiger partial charge in [-0.3, -0.25) is 9.78 Å². The number of carbonyl (C=O) groups is 1. The summed E-state index contributed by atoms with van der Waals surface area (Å²) in [7, 11) is 0. The second kappa shape index (κ2) is 7.87. The van der Waals surface area contributed by atoms with Crippen LogP contribution in [0.2, 0.25) is 0 Å². The molecule has 0 aliphatic carbocycles. The largest absolute Gasteiger partial charge is 0.347 e. The molecule has 5 rings (SSSR count). The predicted molar refractivity (Wildman–Crippen MR) is 115 cm³/mol. The molecule has 0 saturated carbocycles. The Labute approximate surface area is 177 Å². The number of fused-ring (bicyclic) bond motifs is 1. The zero-order valence-corrected chi connectivity index (χ0v) is 16.4. The van der Waals surface area contributed by atoms with E-state index in [0.717, 1.165) is 28.0 Å². The van der Waals surface area contributed by atoms with Gasteiger partial charge in [-0.2, -0.15) is 5.10 Å². The van der Waals surface area contributed by atoms with E-state index in [4.69, 9.17) is 0 Å². The molecule has 6 nitrogen and oxygen atoms in total. The first-order chi connectivity index (χ1) is 15.2. The van der Waals surface area contributed by atoms with Crippen LogP contribution in [0, 0.1) is 5.82 Å². The smallest absolute Gasteiger partial charge is 0.272 e. The molecule has 7 heteroatoms. The highest BCUT2D eigenvalue weighted by Crippen LogP contribution is 2.23. The summed E-state index contributed by atoms with van der Waals surface area (Å²) in [5.41, 5.74) is 3.93. The van der Waals surface area contributed by atoms with E-state index in [9.17, 15) is 9.18 Å². The molecule has 0 aliphatic heterocycles. The van der Waals surface area contributed by atoms with Crippen LogP contribution in [0.1, 0.15) is 16.1 Å². The van der Waals surface area contributed by atoms with Crippen molar-refractivity contribution < 1.29 is 9.18 Å². The average Bonchev–Trinajstić information content (AvgIpc) is 3.45. The molecule has 31 heavy (non-hydrogen) atoms. The molecule has 1 amide bonds. The van der Waals surface area contributed by atoms with Crippen molar-refractivity contribution in [2.45, 2.75) is 6.54 Å². The lowest BCUT2D eigenvalue weighted by atomic mass is 10.1. The molecule has 5 aromatic rings. The Bertz CT molecular complexity index is 1370. The minimum Gasteiger partial charge on any atom is -0.347 e. The first kappa shape index (κ1) is 18.7. The molecular weight excluding hydrogens is 393 g/mol. The van der Waals surface area contributed by atoms with Crippen molar-refractivity contribution in [3.8, 4) is 16.9 Å². The molecule has 1 aromatic carbocycles. The van der Waals surface area contributed by atoms with Gasteiger partial charge in [0, 0.05) is 36.8 Å². The molecule has 0 unspecified atom stereocenters. The van der Waals surface area contributed by atoms with Crippen LogP contribution >= 0.6 is 0 Å². The average molecular weight is 411 g/mol. The van der Waals surface area contributed by atoms with Gasteiger partial charge in [0.25, 0.3) is 5.91 Å². The molecule has 152 valence electrons. The standard InChI is InChI=1S/C24H18FN5O/c25-20-3-1-2-18(14-20)19-4-5-21-6-7-23(29(21)16-19)30-13-10-22(28-30)24(31)27-15-17-8-11-26-12-9-17/h1-14,16H,15H2,(H,27,31). The van der Waals surface area contributed by atoms with Gasteiger partial charge in [0.05, 0.1) is 0 Å². The Kier molecular flexibility index (Phi) is 4.76. The Balaban J connectivity index is 1.41. The first-order valence-electron chi connectivity index (χ1n) is 9.77. The monoisotopic (exact) mass is 411 g/mol. The maximum atomic E-state index is 13.6. The van der Waals surface area contributed by atoms with Gasteiger partial charge in [0.15, 0.2) is 5.69 Å². The highest BCUT2D eigenvalue weighted by atomic mass is 19.1. The zero-order chi connectivity index (χ0) is 21.2. The minimum atomic E-state index is -0.278. The second-order valence-corrected chi connectivity index (χ2v) is 7.10. The lowest BCUT2D eigenvalue weighted by Crippen LogP contribution is -2.23. The van der Waals surface area contributed by atoms with Crippen LogP contribution in [0.15, 0.2) is 91.5 Å². The van der Waals surface area contributed by atoms with E-state index >= 15 is 0 Å². The number of amides is 1. The predicted octanol–water partition coefficient (Wildman–Crippen LogP) is 4.26. The summed E-state index contributed by atoms with van der Waals surface area (Å²) < 4.78 is 17.3. The fourth-order valence-corrected chi connectivity index (χ4v) is 3.46. The number of rotatable bonds is 5. The van der Waals surface area contributed by atoms with Crippen LogP contribution in [0.5, 0.6) is 0 Å². The zero-order valence-electron chi connectivity index (χ0n) is 16.4. The Morgan fingerprint density at radius 2 is 1.81 bits per heavy atom. The Hall–Kier alpha value is -4.26. The number of halogens is 1. The summed E-state index contributed by atoms with van der Waals surface area (Å²) >= 11 is 0. The third kappa shape index (κ3) is 3.81. The quantitative estimate of drug-likeness (QED) is 0.470. The fourth-order valence-electron chi connectivity index (χ4n) is 3.46. The summed E-state index contributed by atoms with van der Waals surface area (Å²) in [6, 6.07) is 19.7. The molecule has 0 spiro atoms. The van der Waals surface area contributed by atoms with E-state index in [-0.39, 0.29) is 11.7 Å². The van der Waals surface area contributed by atoms with Gasteiger partial charge in [-0.1, -0.05) is 18.2 Å². The van der Waals surface area contributed by atoms with E-state index in [0.29, 0.717) is 12.2 Å². The number of carbonyl (C=O) groups excluding carboxylic acids is 1. The number of hydrogen-bond donors (Lipinski definition) is 1. The fraction of sp³-hybridized carbons (Fsp3) is 0.0417. The summed E-state index contributed by atoms with van der Waals surface area (Å²) in [5, 5.41) is 7.31. The van der Waals surface area contributed by atoms with Crippen molar-refractivity contribution in [3.63, 3.8) is 0 Å². The third-order valence-corrected chi connectivity index (χ3v) is 5.05. The van der Waals surface area contributed by atoms with Crippen LogP contribution in [0.3, 0.4) is 0 Å². The Morgan fingerprint density at radius 1 is 0.968 bits per heavy atom. The number of benzene rings is 1. The normalized spacial score (nSPS) is 11.0. The van der Waals surface area contributed by atoms with Gasteiger partial charge >= 0.3 is 0 Å². The van der Waals surface area contributed by atoms with Crippen LogP contribution in [0.25, 0.3) is 22.5 Å². The van der Waals surface area contributed by atoms with Crippen molar-refractivity contribution >= 4 is 11.4 Å². The van der Waals surface area contributed by atoms with Gasteiger partial charge in [0.1, 0.15) is 11.6 Å². The summed E-state index contributed by atoms with van der Waals surface area (Å²) in [6.07, 6.45) is 7.06. The van der Waals surface area contributed by atoms with Crippen LogP contribution in [-0.4, -0.2) is 25.1 Å². The van der Waals surface area contributed by atoms with Crippen LogP contribution < -0.4 is 5.32 Å². The first-order valence-corrected chi connectivity index (χ1v) is 9.77. The van der Waals surface area contributed by atoms with E-state index < -0.39 is 0 Å². The van der Waals surface area contributed by atoms with Gasteiger partial charge in [0.2, 0.25) is 0 Å². The van der Waals surface area contributed by atoms with Crippen molar-refractivity contribution in [2.75, 3.05) is 0 Å². The maximum Gasteiger partial charge on any atom is 0.272 e. The van der Waals surface area contributed by atoms with E-state index in [1.807, 2.05) is 53.1 Å². The maximum absolute atomic E-state index is 13.6. The van der Waals surface area contributed by atoms with Crippen molar-refractivity contribution in [2.24, 2.45) is 0 Å². The number of pyridine rings is 2. The van der Waals surface area contributed by atoms with Crippen LogP contribution in [0.4, 0.5) is 4.39 Å². The van der Waals surface area contributed by atoms with Gasteiger partial charge < -0.3 is 9.72 Å². The summed E-state index contributed by atoms with van der Waals surface area (Å²) in [5.74, 6) is 0.248. The topological polar surface area (TPSA) is 64.2 Å². The molecule has 1 N–H and O–H groups in total. The molecule has 0 aliphatic rings. The molecule has 4 aromatic heterocycles. The number of hydrogen-bond acceptors (Lipinski definition) is 3. The molecule has 0 saturated heterocycles. The molecule has 0 fully saturated rings. The molecule has 0 radical (unpaired) electrons. The van der Waals surface area contributed by atoms with Gasteiger partial charge in [-0.25, -0.2) is 9.07 Å². The van der Waals surface area contributed by atoms with E-state index in [2.05, 4.69) is 15.4 Å². The summed E-state index contributed by atoms with van der Waals surface area (Å²) in [6.45, 7) is 0.402. The lowest BCUT2D eigenvalue weighted by Gasteiger charge is -2.07. The highest BCUT2D eigenvalue weighted by Gasteiger charge is 2.12. The number of nitrogens with one attached hydrogen (secondary N) is 1. The summed E-state index contributed by atoms with van der Waals surface area (Å²) in [4.78, 5) is 16.5. The molecule has 4 heterocycles. The van der Waals surface area contributed by atoms with Gasteiger partial charge in [-0.15, -0.1) is 0 Å². The highest BCUT2D eigenvalue weighted by molar-refractivity contribution is 5.92. The molecule has 0 bridgehead atoms. The lowest BCUT2D eigenvalue weighted by molar-refractivity contribution is 0.0945.